The number of unbranched alkanes of at least 4 members (excludes halogenated alkanes) is 1. The van der Waals surface area contributed by atoms with E-state index in [9.17, 15) is 9.59 Å². The van der Waals surface area contributed by atoms with Crippen LogP contribution in [0.15, 0.2) is 24.5 Å². The average molecular weight is 222 g/mol. The van der Waals surface area contributed by atoms with Gasteiger partial charge in [0.05, 0.1) is 0 Å². The van der Waals surface area contributed by atoms with E-state index in [4.69, 9.17) is 5.11 Å². The Labute approximate surface area is 93.5 Å². The monoisotopic (exact) mass is 222 g/mol. The van der Waals surface area contributed by atoms with E-state index in [1.54, 1.807) is 24.5 Å². The summed E-state index contributed by atoms with van der Waals surface area (Å²) >= 11 is 0. The van der Waals surface area contributed by atoms with Gasteiger partial charge in [-0.3, -0.25) is 14.6 Å². The molecule has 0 bridgehead atoms. The Morgan fingerprint density at radius 1 is 1.19 bits per heavy atom. The maximum atomic E-state index is 11.4. The number of carbonyl (C=O) groups is 2. The first-order valence-electron chi connectivity index (χ1n) is 5.10. The molecule has 0 fully saturated rings. The number of pyridine rings is 1. The molecule has 86 valence electrons. The molecule has 0 spiro atoms. The molecule has 1 amide bonds. The lowest BCUT2D eigenvalue weighted by Crippen LogP contribution is -2.11. The number of anilines is 1. The van der Waals surface area contributed by atoms with Crippen molar-refractivity contribution in [2.24, 2.45) is 0 Å². The van der Waals surface area contributed by atoms with Gasteiger partial charge >= 0.3 is 5.97 Å². The van der Waals surface area contributed by atoms with E-state index >= 15 is 0 Å². The molecular formula is C11H14N2O3. The number of carboxylic acid groups (broad SMARTS) is 1. The number of aliphatic carboxylic acids is 1. The molecular weight excluding hydrogens is 208 g/mol. The standard InChI is InChI=1S/C11H14N2O3/c14-10(3-1-2-4-11(15)16)13-9-5-7-12-8-6-9/h5-8H,1-4H2,(H,15,16)(H,12,13,14). The van der Waals surface area contributed by atoms with E-state index in [-0.39, 0.29) is 12.3 Å². The van der Waals surface area contributed by atoms with Crippen molar-refractivity contribution in [3.63, 3.8) is 0 Å². The molecule has 0 aliphatic carbocycles. The van der Waals surface area contributed by atoms with Gasteiger partial charge in [-0.25, -0.2) is 0 Å². The molecule has 1 rings (SSSR count). The van der Waals surface area contributed by atoms with Gasteiger partial charge in [-0.05, 0) is 25.0 Å². The Hall–Kier alpha value is -1.91. The molecule has 0 unspecified atom stereocenters. The highest BCUT2D eigenvalue weighted by molar-refractivity contribution is 5.90. The third kappa shape index (κ3) is 5.09. The van der Waals surface area contributed by atoms with Crippen molar-refractivity contribution in [2.45, 2.75) is 25.7 Å². The molecule has 2 N–H and O–H groups in total. The summed E-state index contributed by atoms with van der Waals surface area (Å²) in [5.41, 5.74) is 0.707. The van der Waals surface area contributed by atoms with Crippen LogP contribution in [0.4, 0.5) is 5.69 Å². The number of nitrogens with zero attached hydrogens (tertiary/aromatic N) is 1. The number of hydrogen-bond donors (Lipinski definition) is 2. The van der Waals surface area contributed by atoms with E-state index < -0.39 is 5.97 Å². The molecule has 5 nitrogen and oxygen atoms in total. The third-order valence-electron chi connectivity index (χ3n) is 2.01. The van der Waals surface area contributed by atoms with Gasteiger partial charge in [0.15, 0.2) is 0 Å². The molecule has 0 aliphatic rings. The average Bonchev–Trinajstić information content (AvgIpc) is 2.25. The van der Waals surface area contributed by atoms with Gasteiger partial charge in [0, 0.05) is 30.9 Å². The van der Waals surface area contributed by atoms with Crippen molar-refractivity contribution >= 4 is 17.6 Å². The van der Waals surface area contributed by atoms with Crippen LogP contribution in [-0.4, -0.2) is 22.0 Å². The second-order valence-electron chi connectivity index (χ2n) is 3.38. The summed E-state index contributed by atoms with van der Waals surface area (Å²) in [4.78, 5) is 25.4. The zero-order chi connectivity index (χ0) is 11.8. The fraction of sp³-hybridized carbons (Fsp3) is 0.364. The van der Waals surface area contributed by atoms with E-state index in [0.29, 0.717) is 24.9 Å². The van der Waals surface area contributed by atoms with E-state index in [1.165, 1.54) is 0 Å². The molecule has 0 atom stereocenters. The van der Waals surface area contributed by atoms with Crippen molar-refractivity contribution in [1.29, 1.82) is 0 Å². The molecule has 0 radical (unpaired) electrons. The van der Waals surface area contributed by atoms with Crippen LogP contribution >= 0.6 is 0 Å². The van der Waals surface area contributed by atoms with E-state index in [2.05, 4.69) is 10.3 Å². The Bertz CT molecular complexity index is 352. The number of rotatable bonds is 6. The van der Waals surface area contributed by atoms with Crippen LogP contribution in [0, 0.1) is 0 Å². The molecule has 1 aromatic heterocycles. The summed E-state index contributed by atoms with van der Waals surface area (Å²) in [7, 11) is 0. The van der Waals surface area contributed by atoms with Gasteiger partial charge in [-0.1, -0.05) is 0 Å². The third-order valence-corrected chi connectivity index (χ3v) is 2.01. The second-order valence-corrected chi connectivity index (χ2v) is 3.38. The fourth-order valence-corrected chi connectivity index (χ4v) is 1.22. The van der Waals surface area contributed by atoms with Crippen LogP contribution in [0.2, 0.25) is 0 Å². The minimum atomic E-state index is -0.824. The van der Waals surface area contributed by atoms with Gasteiger partial charge in [-0.2, -0.15) is 0 Å². The smallest absolute Gasteiger partial charge is 0.303 e. The number of carboxylic acids is 1. The minimum absolute atomic E-state index is 0.100. The minimum Gasteiger partial charge on any atom is -0.481 e. The van der Waals surface area contributed by atoms with Crippen molar-refractivity contribution in [2.75, 3.05) is 5.32 Å². The molecule has 16 heavy (non-hydrogen) atoms. The Morgan fingerprint density at radius 3 is 2.44 bits per heavy atom. The highest BCUT2D eigenvalue weighted by atomic mass is 16.4. The van der Waals surface area contributed by atoms with Crippen LogP contribution in [0.1, 0.15) is 25.7 Å². The van der Waals surface area contributed by atoms with Gasteiger partial charge < -0.3 is 10.4 Å². The molecule has 5 heteroatoms. The van der Waals surface area contributed by atoms with Gasteiger partial charge in [0.2, 0.25) is 5.91 Å². The number of hydrogen-bond acceptors (Lipinski definition) is 3. The molecule has 0 aromatic carbocycles. The highest BCUT2D eigenvalue weighted by Gasteiger charge is 2.03. The SMILES string of the molecule is O=C(O)CCCCC(=O)Nc1ccncc1. The Morgan fingerprint density at radius 2 is 1.81 bits per heavy atom. The zero-order valence-corrected chi connectivity index (χ0v) is 8.85. The normalized spacial score (nSPS) is 9.75. The van der Waals surface area contributed by atoms with Gasteiger partial charge in [0.25, 0.3) is 0 Å². The van der Waals surface area contributed by atoms with Crippen molar-refractivity contribution < 1.29 is 14.7 Å². The first kappa shape index (κ1) is 12.2. The maximum absolute atomic E-state index is 11.4. The first-order valence-corrected chi connectivity index (χ1v) is 5.10. The lowest BCUT2D eigenvalue weighted by atomic mass is 10.2. The molecule has 0 aliphatic heterocycles. The summed E-state index contributed by atoms with van der Waals surface area (Å²) in [6, 6.07) is 3.41. The highest BCUT2D eigenvalue weighted by Crippen LogP contribution is 2.06. The summed E-state index contributed by atoms with van der Waals surface area (Å²) in [6.45, 7) is 0. The van der Waals surface area contributed by atoms with Crippen molar-refractivity contribution in [3.8, 4) is 0 Å². The van der Waals surface area contributed by atoms with Gasteiger partial charge in [-0.15, -0.1) is 0 Å². The van der Waals surface area contributed by atoms with Crippen LogP contribution in [-0.2, 0) is 9.59 Å². The molecule has 0 saturated heterocycles. The predicted molar refractivity (Wildman–Crippen MR) is 59.0 cm³/mol. The summed E-state index contributed by atoms with van der Waals surface area (Å²) in [5.74, 6) is -0.925. The quantitative estimate of drug-likeness (QED) is 0.717. The lowest BCUT2D eigenvalue weighted by Gasteiger charge is -2.03. The number of nitrogens with one attached hydrogen (secondary N) is 1. The number of aromatic nitrogens is 1. The van der Waals surface area contributed by atoms with Crippen LogP contribution in [0.5, 0.6) is 0 Å². The van der Waals surface area contributed by atoms with Crippen molar-refractivity contribution in [3.05, 3.63) is 24.5 Å². The molecule has 0 saturated carbocycles. The topological polar surface area (TPSA) is 79.3 Å². The van der Waals surface area contributed by atoms with Crippen LogP contribution in [0.3, 0.4) is 0 Å². The maximum Gasteiger partial charge on any atom is 0.303 e. The van der Waals surface area contributed by atoms with Crippen LogP contribution in [0.25, 0.3) is 0 Å². The van der Waals surface area contributed by atoms with Crippen LogP contribution < -0.4 is 5.32 Å². The first-order chi connectivity index (χ1) is 7.68. The summed E-state index contributed by atoms with van der Waals surface area (Å²) < 4.78 is 0. The lowest BCUT2D eigenvalue weighted by molar-refractivity contribution is -0.137. The largest absolute Gasteiger partial charge is 0.481 e. The second kappa shape index (κ2) is 6.55. The molecule has 1 heterocycles. The van der Waals surface area contributed by atoms with Gasteiger partial charge in [0.1, 0.15) is 0 Å². The zero-order valence-electron chi connectivity index (χ0n) is 8.85. The summed E-state index contributed by atoms with van der Waals surface area (Å²) in [6.07, 6.45) is 4.76. The Balaban J connectivity index is 2.19. The van der Waals surface area contributed by atoms with Crippen molar-refractivity contribution in [1.82, 2.24) is 4.98 Å². The number of amides is 1. The number of carbonyl (C=O) groups excluding carboxylic acids is 1. The predicted octanol–water partition coefficient (Wildman–Crippen LogP) is 1.67. The Kier molecular flexibility index (Phi) is 4.98. The van der Waals surface area contributed by atoms with E-state index in [1.807, 2.05) is 0 Å². The fourth-order valence-electron chi connectivity index (χ4n) is 1.22. The summed E-state index contributed by atoms with van der Waals surface area (Å²) in [5, 5.41) is 11.1. The molecule has 1 aromatic rings. The van der Waals surface area contributed by atoms with E-state index in [0.717, 1.165) is 0 Å².